The minimum atomic E-state index is -3.67. The second kappa shape index (κ2) is 6.59. The molecule has 2 aromatic carbocycles. The lowest BCUT2D eigenvalue weighted by atomic mass is 10.1. The van der Waals surface area contributed by atoms with Crippen LogP contribution in [-0.2, 0) is 16.4 Å². The van der Waals surface area contributed by atoms with Gasteiger partial charge in [0.25, 0.3) is 5.91 Å². The molecule has 2 aromatic rings. The summed E-state index contributed by atoms with van der Waals surface area (Å²) in [5.41, 5.74) is 7.61. The standard InChI is InChI=1S/C15H17N3O3S/c16-13-5-3-12(4-6-13)15(19)18-10-9-11-1-7-14(8-2-11)22(17,20)21/h1-8H,9-10,16H2,(H,18,19)(H2,17,20,21). The molecular formula is C15H17N3O3S. The van der Waals surface area contributed by atoms with Gasteiger partial charge in [-0.3, -0.25) is 4.79 Å². The zero-order chi connectivity index (χ0) is 16.2. The van der Waals surface area contributed by atoms with Gasteiger partial charge in [-0.05, 0) is 48.4 Å². The van der Waals surface area contributed by atoms with Crippen molar-refractivity contribution < 1.29 is 13.2 Å². The van der Waals surface area contributed by atoms with Crippen LogP contribution in [0.4, 0.5) is 5.69 Å². The van der Waals surface area contributed by atoms with Crippen LogP contribution >= 0.6 is 0 Å². The molecule has 0 atom stereocenters. The van der Waals surface area contributed by atoms with Gasteiger partial charge in [-0.1, -0.05) is 12.1 Å². The molecule has 0 unspecified atom stereocenters. The fourth-order valence-electron chi connectivity index (χ4n) is 1.90. The number of hydrogen-bond donors (Lipinski definition) is 3. The highest BCUT2D eigenvalue weighted by Gasteiger charge is 2.07. The second-order valence-corrected chi connectivity index (χ2v) is 6.38. The Morgan fingerprint density at radius 1 is 1.00 bits per heavy atom. The molecule has 0 bridgehead atoms. The predicted octanol–water partition coefficient (Wildman–Crippen LogP) is 0.889. The van der Waals surface area contributed by atoms with E-state index in [1.165, 1.54) is 12.1 Å². The first-order valence-electron chi connectivity index (χ1n) is 6.62. The van der Waals surface area contributed by atoms with Crippen molar-refractivity contribution in [3.8, 4) is 0 Å². The number of anilines is 1. The molecule has 0 aromatic heterocycles. The fraction of sp³-hybridized carbons (Fsp3) is 0.133. The van der Waals surface area contributed by atoms with Gasteiger partial charge in [0.15, 0.2) is 0 Å². The van der Waals surface area contributed by atoms with Crippen LogP contribution in [0.3, 0.4) is 0 Å². The van der Waals surface area contributed by atoms with Gasteiger partial charge >= 0.3 is 0 Å². The Bertz CT molecular complexity index is 754. The van der Waals surface area contributed by atoms with Gasteiger partial charge in [0, 0.05) is 17.8 Å². The highest BCUT2D eigenvalue weighted by Crippen LogP contribution is 2.09. The normalized spacial score (nSPS) is 11.1. The summed E-state index contributed by atoms with van der Waals surface area (Å²) in [5.74, 6) is -0.179. The summed E-state index contributed by atoms with van der Waals surface area (Å²) in [4.78, 5) is 12.0. The molecular weight excluding hydrogens is 302 g/mol. The first-order valence-corrected chi connectivity index (χ1v) is 8.16. The number of sulfonamides is 1. The molecule has 6 nitrogen and oxygen atoms in total. The van der Waals surface area contributed by atoms with Gasteiger partial charge in [0.2, 0.25) is 10.0 Å². The molecule has 116 valence electrons. The molecule has 0 saturated heterocycles. The van der Waals surface area contributed by atoms with Gasteiger partial charge < -0.3 is 11.1 Å². The van der Waals surface area contributed by atoms with E-state index in [1.807, 2.05) is 0 Å². The van der Waals surface area contributed by atoms with Crippen LogP contribution < -0.4 is 16.2 Å². The first-order chi connectivity index (χ1) is 10.4. The summed E-state index contributed by atoms with van der Waals surface area (Å²) in [6, 6.07) is 12.9. The van der Waals surface area contributed by atoms with Crippen LogP contribution in [-0.4, -0.2) is 20.9 Å². The number of primary sulfonamides is 1. The molecule has 1 amide bonds. The summed E-state index contributed by atoms with van der Waals surface area (Å²) >= 11 is 0. The fourth-order valence-corrected chi connectivity index (χ4v) is 2.42. The molecule has 2 rings (SSSR count). The van der Waals surface area contributed by atoms with Crippen molar-refractivity contribution in [1.29, 1.82) is 0 Å². The Morgan fingerprint density at radius 2 is 1.59 bits per heavy atom. The van der Waals surface area contributed by atoms with Crippen molar-refractivity contribution in [2.24, 2.45) is 5.14 Å². The van der Waals surface area contributed by atoms with Gasteiger partial charge in [0.1, 0.15) is 0 Å². The van der Waals surface area contributed by atoms with Crippen molar-refractivity contribution in [2.45, 2.75) is 11.3 Å². The van der Waals surface area contributed by atoms with Crippen LogP contribution in [0.5, 0.6) is 0 Å². The van der Waals surface area contributed by atoms with E-state index in [-0.39, 0.29) is 10.8 Å². The monoisotopic (exact) mass is 319 g/mol. The predicted molar refractivity (Wildman–Crippen MR) is 84.7 cm³/mol. The van der Waals surface area contributed by atoms with E-state index in [2.05, 4.69) is 5.32 Å². The Kier molecular flexibility index (Phi) is 4.79. The summed E-state index contributed by atoms with van der Waals surface area (Å²) in [6.07, 6.45) is 0.589. The molecule has 0 heterocycles. The number of nitrogen functional groups attached to an aromatic ring is 1. The topological polar surface area (TPSA) is 115 Å². The Morgan fingerprint density at radius 3 is 2.14 bits per heavy atom. The molecule has 22 heavy (non-hydrogen) atoms. The molecule has 0 radical (unpaired) electrons. The van der Waals surface area contributed by atoms with E-state index in [0.29, 0.717) is 24.2 Å². The van der Waals surface area contributed by atoms with E-state index in [9.17, 15) is 13.2 Å². The third-order valence-corrected chi connectivity index (χ3v) is 4.05. The summed E-state index contributed by atoms with van der Waals surface area (Å²) in [5, 5.41) is 7.82. The highest BCUT2D eigenvalue weighted by molar-refractivity contribution is 7.89. The van der Waals surface area contributed by atoms with Crippen molar-refractivity contribution in [2.75, 3.05) is 12.3 Å². The Labute approximate surface area is 129 Å². The summed E-state index contributed by atoms with van der Waals surface area (Å²) in [6.45, 7) is 0.442. The highest BCUT2D eigenvalue weighted by atomic mass is 32.2. The van der Waals surface area contributed by atoms with Gasteiger partial charge in [-0.25, -0.2) is 13.6 Å². The van der Waals surface area contributed by atoms with E-state index >= 15 is 0 Å². The maximum atomic E-state index is 11.9. The zero-order valence-corrected chi connectivity index (χ0v) is 12.6. The molecule has 0 fully saturated rings. The molecule has 0 spiro atoms. The van der Waals surface area contributed by atoms with Gasteiger partial charge in [0.05, 0.1) is 4.90 Å². The van der Waals surface area contributed by atoms with E-state index in [4.69, 9.17) is 10.9 Å². The molecule has 0 saturated carbocycles. The van der Waals surface area contributed by atoms with Crippen molar-refractivity contribution in [1.82, 2.24) is 5.32 Å². The van der Waals surface area contributed by atoms with E-state index in [1.54, 1.807) is 36.4 Å². The maximum absolute atomic E-state index is 11.9. The Hall–Kier alpha value is -2.38. The lowest BCUT2D eigenvalue weighted by Gasteiger charge is -2.06. The zero-order valence-electron chi connectivity index (χ0n) is 11.8. The van der Waals surface area contributed by atoms with Crippen molar-refractivity contribution in [3.63, 3.8) is 0 Å². The van der Waals surface area contributed by atoms with Crippen molar-refractivity contribution in [3.05, 3.63) is 59.7 Å². The number of amides is 1. The van der Waals surface area contributed by atoms with Gasteiger partial charge in [-0.15, -0.1) is 0 Å². The number of carbonyl (C=O) groups is 1. The largest absolute Gasteiger partial charge is 0.399 e. The van der Waals surface area contributed by atoms with Crippen LogP contribution in [0.25, 0.3) is 0 Å². The molecule has 0 aliphatic rings. The molecule has 5 N–H and O–H groups in total. The minimum absolute atomic E-state index is 0.0714. The average Bonchev–Trinajstić information content (AvgIpc) is 2.47. The smallest absolute Gasteiger partial charge is 0.251 e. The SMILES string of the molecule is Nc1ccc(C(=O)NCCc2ccc(S(N)(=O)=O)cc2)cc1. The first kappa shape index (κ1) is 16.0. The summed E-state index contributed by atoms with van der Waals surface area (Å²) in [7, 11) is -3.67. The number of carbonyl (C=O) groups excluding carboxylic acids is 1. The third kappa shape index (κ3) is 4.31. The minimum Gasteiger partial charge on any atom is -0.399 e. The summed E-state index contributed by atoms with van der Waals surface area (Å²) < 4.78 is 22.3. The second-order valence-electron chi connectivity index (χ2n) is 4.82. The lowest BCUT2D eigenvalue weighted by Crippen LogP contribution is -2.25. The number of nitrogens with two attached hydrogens (primary N) is 2. The Balaban J connectivity index is 1.88. The van der Waals surface area contributed by atoms with Crippen LogP contribution in [0, 0.1) is 0 Å². The van der Waals surface area contributed by atoms with Crippen LogP contribution in [0.1, 0.15) is 15.9 Å². The average molecular weight is 319 g/mol. The van der Waals surface area contributed by atoms with Crippen LogP contribution in [0.2, 0.25) is 0 Å². The van der Waals surface area contributed by atoms with Crippen molar-refractivity contribution >= 4 is 21.6 Å². The van der Waals surface area contributed by atoms with E-state index < -0.39 is 10.0 Å². The quantitative estimate of drug-likeness (QED) is 0.710. The maximum Gasteiger partial charge on any atom is 0.251 e. The number of hydrogen-bond acceptors (Lipinski definition) is 4. The number of rotatable bonds is 5. The van der Waals surface area contributed by atoms with Gasteiger partial charge in [-0.2, -0.15) is 0 Å². The molecule has 0 aliphatic heterocycles. The lowest BCUT2D eigenvalue weighted by molar-refractivity contribution is 0.0954. The molecule has 0 aliphatic carbocycles. The van der Waals surface area contributed by atoms with Crippen LogP contribution in [0.15, 0.2) is 53.4 Å². The number of nitrogens with one attached hydrogen (secondary N) is 1. The third-order valence-electron chi connectivity index (χ3n) is 3.12. The molecule has 7 heteroatoms. The van der Waals surface area contributed by atoms with E-state index in [0.717, 1.165) is 5.56 Å². The number of benzene rings is 2.